The summed E-state index contributed by atoms with van der Waals surface area (Å²) in [6.45, 7) is 9.15. The van der Waals surface area contributed by atoms with Gasteiger partial charge in [-0.3, -0.25) is 9.89 Å². The average Bonchev–Trinajstić information content (AvgIpc) is 2.68. The van der Waals surface area contributed by atoms with Crippen molar-refractivity contribution in [2.45, 2.75) is 46.0 Å². The quantitative estimate of drug-likeness (QED) is 0.924. The van der Waals surface area contributed by atoms with E-state index in [-0.39, 0.29) is 5.91 Å². The summed E-state index contributed by atoms with van der Waals surface area (Å²) in [4.78, 5) is 17.2. The lowest BCUT2D eigenvalue weighted by Crippen LogP contribution is -2.38. The van der Waals surface area contributed by atoms with Crippen LogP contribution in [0.4, 0.5) is 0 Å². The Balaban J connectivity index is 1.52. The number of carbonyl (C=O) groups excluding carboxylic acids is 1. The molecule has 0 atom stereocenters. The zero-order valence-electron chi connectivity index (χ0n) is 13.9. The molecule has 1 aliphatic carbocycles. The lowest BCUT2D eigenvalue weighted by molar-refractivity contribution is -0.130. The second kappa shape index (κ2) is 6.82. The molecule has 0 radical (unpaired) electrons. The van der Waals surface area contributed by atoms with Gasteiger partial charge in [0.25, 0.3) is 0 Å². The summed E-state index contributed by atoms with van der Waals surface area (Å²) < 4.78 is 0. The second-order valence-electron chi connectivity index (χ2n) is 6.92. The van der Waals surface area contributed by atoms with Crippen LogP contribution in [0, 0.1) is 19.8 Å². The lowest BCUT2D eigenvalue weighted by Gasteiger charge is -2.31. The molecule has 1 saturated carbocycles. The van der Waals surface area contributed by atoms with Gasteiger partial charge in [0.15, 0.2) is 0 Å². The van der Waals surface area contributed by atoms with E-state index in [1.807, 2.05) is 18.7 Å². The first kappa shape index (κ1) is 15.5. The molecular formula is C17H28N4O. The Kier molecular flexibility index (Phi) is 4.81. The Hall–Kier alpha value is -1.36. The summed E-state index contributed by atoms with van der Waals surface area (Å²) in [6, 6.07) is 0. The summed E-state index contributed by atoms with van der Waals surface area (Å²) in [5.74, 6) is 1.16. The Morgan fingerprint density at radius 3 is 2.64 bits per heavy atom. The van der Waals surface area contributed by atoms with Crippen LogP contribution >= 0.6 is 0 Å². The molecule has 1 saturated heterocycles. The zero-order chi connectivity index (χ0) is 15.5. The Bertz CT molecular complexity index is 501. The SMILES string of the molecule is Cc1n[nH]c(C)c1CC(=O)N1CCCN(CC2CCC2)CC1. The van der Waals surface area contributed by atoms with Crippen LogP contribution in [0.15, 0.2) is 0 Å². The van der Waals surface area contributed by atoms with E-state index in [1.54, 1.807) is 0 Å². The van der Waals surface area contributed by atoms with Gasteiger partial charge in [-0.2, -0.15) is 5.10 Å². The molecule has 1 aromatic rings. The van der Waals surface area contributed by atoms with Crippen molar-refractivity contribution in [2.75, 3.05) is 32.7 Å². The van der Waals surface area contributed by atoms with E-state index in [0.717, 1.165) is 55.5 Å². The van der Waals surface area contributed by atoms with Gasteiger partial charge in [0.05, 0.1) is 12.1 Å². The van der Waals surface area contributed by atoms with Crippen molar-refractivity contribution in [1.82, 2.24) is 20.0 Å². The molecule has 3 rings (SSSR count). The highest BCUT2D eigenvalue weighted by Gasteiger charge is 2.24. The normalized spacial score (nSPS) is 20.7. The maximum atomic E-state index is 12.6. The van der Waals surface area contributed by atoms with E-state index in [4.69, 9.17) is 0 Å². The Morgan fingerprint density at radius 2 is 2.00 bits per heavy atom. The van der Waals surface area contributed by atoms with Crippen LogP contribution in [0.1, 0.15) is 42.6 Å². The molecule has 1 aromatic heterocycles. The number of H-pyrrole nitrogens is 1. The monoisotopic (exact) mass is 304 g/mol. The van der Waals surface area contributed by atoms with E-state index in [1.165, 1.54) is 25.8 Å². The summed E-state index contributed by atoms with van der Waals surface area (Å²) in [6.07, 6.45) is 5.79. The smallest absolute Gasteiger partial charge is 0.227 e. The number of aryl methyl sites for hydroxylation is 2. The topological polar surface area (TPSA) is 52.2 Å². The van der Waals surface area contributed by atoms with Gasteiger partial charge in [-0.15, -0.1) is 0 Å². The number of nitrogens with zero attached hydrogens (tertiary/aromatic N) is 3. The van der Waals surface area contributed by atoms with E-state index < -0.39 is 0 Å². The summed E-state index contributed by atoms with van der Waals surface area (Å²) in [5.41, 5.74) is 3.04. The molecule has 5 heteroatoms. The number of carbonyl (C=O) groups is 1. The number of nitrogens with one attached hydrogen (secondary N) is 1. The van der Waals surface area contributed by atoms with E-state index in [2.05, 4.69) is 15.1 Å². The molecule has 1 amide bonds. The average molecular weight is 304 g/mol. The van der Waals surface area contributed by atoms with Crippen LogP contribution in [0.5, 0.6) is 0 Å². The predicted octanol–water partition coefficient (Wildman–Crippen LogP) is 1.90. The standard InChI is InChI=1S/C17H28N4O/c1-13-16(14(2)19-18-13)11-17(22)21-8-4-7-20(9-10-21)12-15-5-3-6-15/h15H,3-12H2,1-2H3,(H,18,19). The Labute approximate surface area is 133 Å². The van der Waals surface area contributed by atoms with Gasteiger partial charge in [0.2, 0.25) is 5.91 Å². The number of amides is 1. The first-order valence-electron chi connectivity index (χ1n) is 8.64. The van der Waals surface area contributed by atoms with Crippen molar-refractivity contribution < 1.29 is 4.79 Å². The summed E-state index contributed by atoms with van der Waals surface area (Å²) in [7, 11) is 0. The van der Waals surface area contributed by atoms with Crippen molar-refractivity contribution in [3.63, 3.8) is 0 Å². The third-order valence-electron chi connectivity index (χ3n) is 5.29. The summed E-state index contributed by atoms with van der Waals surface area (Å²) >= 11 is 0. The minimum atomic E-state index is 0.248. The zero-order valence-corrected chi connectivity index (χ0v) is 13.9. The van der Waals surface area contributed by atoms with Crippen LogP contribution in [0.3, 0.4) is 0 Å². The molecule has 1 N–H and O–H groups in total. The summed E-state index contributed by atoms with van der Waals surface area (Å²) in [5, 5.41) is 7.16. The highest BCUT2D eigenvalue weighted by Crippen LogP contribution is 2.27. The van der Waals surface area contributed by atoms with Gasteiger partial charge >= 0.3 is 0 Å². The van der Waals surface area contributed by atoms with E-state index in [9.17, 15) is 4.79 Å². The lowest BCUT2D eigenvalue weighted by atomic mass is 9.85. The molecule has 2 heterocycles. The molecule has 0 unspecified atom stereocenters. The van der Waals surface area contributed by atoms with E-state index in [0.29, 0.717) is 6.42 Å². The fraction of sp³-hybridized carbons (Fsp3) is 0.765. The minimum Gasteiger partial charge on any atom is -0.341 e. The molecule has 5 nitrogen and oxygen atoms in total. The van der Waals surface area contributed by atoms with Crippen LogP contribution < -0.4 is 0 Å². The van der Waals surface area contributed by atoms with E-state index >= 15 is 0 Å². The molecule has 0 spiro atoms. The molecule has 1 aliphatic heterocycles. The fourth-order valence-electron chi connectivity index (χ4n) is 3.54. The van der Waals surface area contributed by atoms with Crippen molar-refractivity contribution >= 4 is 5.91 Å². The molecule has 122 valence electrons. The number of aromatic nitrogens is 2. The maximum absolute atomic E-state index is 12.6. The third-order valence-corrected chi connectivity index (χ3v) is 5.29. The molecule has 2 aliphatic rings. The van der Waals surface area contributed by atoms with Gasteiger partial charge in [-0.1, -0.05) is 6.42 Å². The number of rotatable bonds is 4. The number of hydrogen-bond donors (Lipinski definition) is 1. The first-order valence-corrected chi connectivity index (χ1v) is 8.64. The minimum absolute atomic E-state index is 0.248. The molecule has 0 bridgehead atoms. The molecule has 22 heavy (non-hydrogen) atoms. The number of hydrogen-bond acceptors (Lipinski definition) is 3. The predicted molar refractivity (Wildman–Crippen MR) is 86.7 cm³/mol. The molecular weight excluding hydrogens is 276 g/mol. The van der Waals surface area contributed by atoms with Gasteiger partial charge < -0.3 is 9.80 Å². The maximum Gasteiger partial charge on any atom is 0.227 e. The second-order valence-corrected chi connectivity index (χ2v) is 6.92. The van der Waals surface area contributed by atoms with Gasteiger partial charge in [-0.25, -0.2) is 0 Å². The van der Waals surface area contributed by atoms with Gasteiger partial charge in [-0.05, 0) is 45.6 Å². The van der Waals surface area contributed by atoms with Gasteiger partial charge in [0.1, 0.15) is 0 Å². The van der Waals surface area contributed by atoms with Crippen molar-refractivity contribution in [1.29, 1.82) is 0 Å². The number of aromatic amines is 1. The highest BCUT2D eigenvalue weighted by atomic mass is 16.2. The fourth-order valence-corrected chi connectivity index (χ4v) is 3.54. The Morgan fingerprint density at radius 1 is 1.18 bits per heavy atom. The van der Waals surface area contributed by atoms with Crippen LogP contribution in [0.2, 0.25) is 0 Å². The highest BCUT2D eigenvalue weighted by molar-refractivity contribution is 5.79. The van der Waals surface area contributed by atoms with Crippen molar-refractivity contribution in [3.8, 4) is 0 Å². The van der Waals surface area contributed by atoms with Crippen LogP contribution in [0.25, 0.3) is 0 Å². The third kappa shape index (κ3) is 3.51. The first-order chi connectivity index (χ1) is 10.6. The van der Waals surface area contributed by atoms with Crippen LogP contribution in [-0.2, 0) is 11.2 Å². The molecule has 0 aromatic carbocycles. The largest absolute Gasteiger partial charge is 0.341 e. The van der Waals surface area contributed by atoms with Crippen LogP contribution in [-0.4, -0.2) is 58.6 Å². The van der Waals surface area contributed by atoms with Crippen molar-refractivity contribution in [3.05, 3.63) is 17.0 Å². The molecule has 2 fully saturated rings. The van der Waals surface area contributed by atoms with Crippen molar-refractivity contribution in [2.24, 2.45) is 5.92 Å². The van der Waals surface area contributed by atoms with Gasteiger partial charge in [0, 0.05) is 37.4 Å².